The SMILES string of the molecule is COCCC(=O)Nc1cccnc1. The van der Waals surface area contributed by atoms with Crippen molar-refractivity contribution in [1.82, 2.24) is 4.98 Å². The maximum atomic E-state index is 11.2. The van der Waals surface area contributed by atoms with Crippen molar-refractivity contribution >= 4 is 11.6 Å². The molecule has 0 fully saturated rings. The van der Waals surface area contributed by atoms with E-state index in [4.69, 9.17) is 4.74 Å². The Hall–Kier alpha value is -1.42. The molecule has 0 aliphatic rings. The lowest BCUT2D eigenvalue weighted by Gasteiger charge is -2.02. The van der Waals surface area contributed by atoms with Crippen LogP contribution in [0, 0.1) is 0 Å². The van der Waals surface area contributed by atoms with Crippen LogP contribution >= 0.6 is 0 Å². The van der Waals surface area contributed by atoms with Crippen molar-refractivity contribution in [3.05, 3.63) is 24.5 Å². The number of carbonyl (C=O) groups is 1. The summed E-state index contributed by atoms with van der Waals surface area (Å²) in [4.78, 5) is 15.0. The van der Waals surface area contributed by atoms with Crippen molar-refractivity contribution < 1.29 is 9.53 Å². The van der Waals surface area contributed by atoms with Gasteiger partial charge in [-0.3, -0.25) is 9.78 Å². The van der Waals surface area contributed by atoms with Gasteiger partial charge in [0.05, 0.1) is 24.9 Å². The van der Waals surface area contributed by atoms with Crippen molar-refractivity contribution in [2.24, 2.45) is 0 Å². The quantitative estimate of drug-likeness (QED) is 0.753. The molecule has 1 rings (SSSR count). The fourth-order valence-corrected chi connectivity index (χ4v) is 0.855. The minimum atomic E-state index is -0.0603. The summed E-state index contributed by atoms with van der Waals surface area (Å²) in [6, 6.07) is 3.56. The normalized spacial score (nSPS) is 9.62. The first-order valence-corrected chi connectivity index (χ1v) is 4.02. The lowest BCUT2D eigenvalue weighted by molar-refractivity contribution is -0.117. The van der Waals surface area contributed by atoms with Gasteiger partial charge in [0, 0.05) is 13.3 Å². The molecule has 0 spiro atoms. The van der Waals surface area contributed by atoms with E-state index in [0.717, 1.165) is 0 Å². The predicted molar refractivity (Wildman–Crippen MR) is 49.4 cm³/mol. The zero-order chi connectivity index (χ0) is 9.52. The van der Waals surface area contributed by atoms with E-state index in [1.165, 1.54) is 0 Å². The van der Waals surface area contributed by atoms with Gasteiger partial charge < -0.3 is 10.1 Å². The van der Waals surface area contributed by atoms with Gasteiger partial charge in [-0.2, -0.15) is 0 Å². The van der Waals surface area contributed by atoms with E-state index in [9.17, 15) is 4.79 Å². The maximum Gasteiger partial charge on any atom is 0.226 e. The van der Waals surface area contributed by atoms with Gasteiger partial charge in [-0.25, -0.2) is 0 Å². The standard InChI is InChI=1S/C9H12N2O2/c1-13-6-4-9(12)11-8-3-2-5-10-7-8/h2-3,5,7H,4,6H2,1H3,(H,11,12). The van der Waals surface area contributed by atoms with Crippen LogP contribution in [-0.4, -0.2) is 24.6 Å². The van der Waals surface area contributed by atoms with Gasteiger partial charge in [-0.1, -0.05) is 0 Å². The molecule has 0 radical (unpaired) electrons. The van der Waals surface area contributed by atoms with E-state index in [2.05, 4.69) is 10.3 Å². The molecule has 13 heavy (non-hydrogen) atoms. The molecule has 0 aromatic carbocycles. The van der Waals surface area contributed by atoms with E-state index in [-0.39, 0.29) is 5.91 Å². The molecule has 0 aliphatic heterocycles. The predicted octanol–water partition coefficient (Wildman–Crippen LogP) is 1.06. The first-order valence-electron chi connectivity index (χ1n) is 4.02. The molecule has 0 saturated carbocycles. The van der Waals surface area contributed by atoms with Crippen LogP contribution in [0.2, 0.25) is 0 Å². The number of ether oxygens (including phenoxy) is 1. The van der Waals surface area contributed by atoms with Crippen molar-refractivity contribution in [3.63, 3.8) is 0 Å². The van der Waals surface area contributed by atoms with Gasteiger partial charge in [-0.05, 0) is 12.1 Å². The third kappa shape index (κ3) is 3.66. The number of hydrogen-bond donors (Lipinski definition) is 1. The van der Waals surface area contributed by atoms with Crippen molar-refractivity contribution in [2.45, 2.75) is 6.42 Å². The number of pyridine rings is 1. The summed E-state index contributed by atoms with van der Waals surface area (Å²) in [6.45, 7) is 0.437. The average Bonchev–Trinajstić information content (AvgIpc) is 2.16. The molecule has 1 aromatic heterocycles. The Morgan fingerprint density at radius 2 is 2.54 bits per heavy atom. The smallest absolute Gasteiger partial charge is 0.226 e. The second-order valence-electron chi connectivity index (χ2n) is 2.53. The van der Waals surface area contributed by atoms with Gasteiger partial charge in [0.2, 0.25) is 5.91 Å². The number of amides is 1. The van der Waals surface area contributed by atoms with Crippen molar-refractivity contribution in [2.75, 3.05) is 19.0 Å². The van der Waals surface area contributed by atoms with E-state index in [1.54, 1.807) is 31.6 Å². The lowest BCUT2D eigenvalue weighted by Crippen LogP contribution is -2.13. The molecule has 0 saturated heterocycles. The third-order valence-electron chi connectivity index (χ3n) is 1.48. The van der Waals surface area contributed by atoms with Crippen LogP contribution in [0.15, 0.2) is 24.5 Å². The van der Waals surface area contributed by atoms with Gasteiger partial charge in [-0.15, -0.1) is 0 Å². The van der Waals surface area contributed by atoms with Gasteiger partial charge in [0.1, 0.15) is 0 Å². The third-order valence-corrected chi connectivity index (χ3v) is 1.48. The highest BCUT2D eigenvalue weighted by molar-refractivity contribution is 5.90. The molecule has 1 aromatic rings. The van der Waals surface area contributed by atoms with Crippen LogP contribution in [0.1, 0.15) is 6.42 Å². The Labute approximate surface area is 76.9 Å². The number of carbonyl (C=O) groups excluding carboxylic acids is 1. The summed E-state index contributed by atoms with van der Waals surface area (Å²) in [7, 11) is 1.57. The summed E-state index contributed by atoms with van der Waals surface area (Å²) < 4.78 is 4.77. The average molecular weight is 180 g/mol. The molecule has 1 heterocycles. The number of nitrogens with zero attached hydrogens (tertiary/aromatic N) is 1. The van der Waals surface area contributed by atoms with Crippen LogP contribution in [0.25, 0.3) is 0 Å². The summed E-state index contributed by atoms with van der Waals surface area (Å²) >= 11 is 0. The molecule has 0 unspecified atom stereocenters. The second kappa shape index (κ2) is 5.27. The number of nitrogens with one attached hydrogen (secondary N) is 1. The molecule has 0 aliphatic carbocycles. The van der Waals surface area contributed by atoms with E-state index in [0.29, 0.717) is 18.7 Å². The van der Waals surface area contributed by atoms with E-state index in [1.807, 2.05) is 0 Å². The summed E-state index contributed by atoms with van der Waals surface area (Å²) in [5.74, 6) is -0.0603. The van der Waals surface area contributed by atoms with Crippen LogP contribution in [0.5, 0.6) is 0 Å². The Morgan fingerprint density at radius 1 is 1.69 bits per heavy atom. The Kier molecular flexibility index (Phi) is 3.92. The fourth-order valence-electron chi connectivity index (χ4n) is 0.855. The minimum absolute atomic E-state index is 0.0603. The molecule has 70 valence electrons. The molecular formula is C9H12N2O2. The number of rotatable bonds is 4. The van der Waals surface area contributed by atoms with Crippen LogP contribution in [0.3, 0.4) is 0 Å². The number of methoxy groups -OCH3 is 1. The summed E-state index contributed by atoms with van der Waals surface area (Å²) in [5, 5.41) is 2.70. The highest BCUT2D eigenvalue weighted by Gasteiger charge is 2.00. The first kappa shape index (κ1) is 9.67. The number of anilines is 1. The van der Waals surface area contributed by atoms with Crippen molar-refractivity contribution in [1.29, 1.82) is 0 Å². The number of aromatic nitrogens is 1. The summed E-state index contributed by atoms with van der Waals surface area (Å²) in [6.07, 6.45) is 3.63. The Morgan fingerprint density at radius 3 is 3.15 bits per heavy atom. The van der Waals surface area contributed by atoms with Crippen molar-refractivity contribution in [3.8, 4) is 0 Å². The topological polar surface area (TPSA) is 51.2 Å². The number of hydrogen-bond acceptors (Lipinski definition) is 3. The molecule has 1 N–H and O–H groups in total. The highest BCUT2D eigenvalue weighted by atomic mass is 16.5. The van der Waals surface area contributed by atoms with E-state index >= 15 is 0 Å². The van der Waals surface area contributed by atoms with Gasteiger partial charge >= 0.3 is 0 Å². The monoisotopic (exact) mass is 180 g/mol. The Balaban J connectivity index is 2.37. The van der Waals surface area contributed by atoms with Crippen LogP contribution < -0.4 is 5.32 Å². The van der Waals surface area contributed by atoms with E-state index < -0.39 is 0 Å². The molecule has 0 atom stereocenters. The van der Waals surface area contributed by atoms with Crippen LogP contribution in [-0.2, 0) is 9.53 Å². The Bertz CT molecular complexity index is 262. The minimum Gasteiger partial charge on any atom is -0.384 e. The molecule has 4 nitrogen and oxygen atoms in total. The van der Waals surface area contributed by atoms with Crippen LogP contribution in [0.4, 0.5) is 5.69 Å². The fraction of sp³-hybridized carbons (Fsp3) is 0.333. The molecule has 1 amide bonds. The molecular weight excluding hydrogens is 168 g/mol. The molecule has 4 heteroatoms. The maximum absolute atomic E-state index is 11.2. The summed E-state index contributed by atoms with van der Waals surface area (Å²) in [5.41, 5.74) is 0.712. The second-order valence-corrected chi connectivity index (χ2v) is 2.53. The zero-order valence-electron chi connectivity index (χ0n) is 7.49. The van der Waals surface area contributed by atoms with Gasteiger partial charge in [0.15, 0.2) is 0 Å². The largest absolute Gasteiger partial charge is 0.384 e. The zero-order valence-corrected chi connectivity index (χ0v) is 7.49. The molecule has 0 bridgehead atoms. The first-order chi connectivity index (χ1) is 6.33. The lowest BCUT2D eigenvalue weighted by atomic mass is 10.4. The highest BCUT2D eigenvalue weighted by Crippen LogP contribution is 2.02. The van der Waals surface area contributed by atoms with Gasteiger partial charge in [0.25, 0.3) is 0 Å².